The van der Waals surface area contributed by atoms with Gasteiger partial charge in [-0.2, -0.15) is 0 Å². The van der Waals surface area contributed by atoms with Gasteiger partial charge >= 0.3 is 0 Å². The molecule has 0 aliphatic heterocycles. The third-order valence-electron chi connectivity index (χ3n) is 3.31. The van der Waals surface area contributed by atoms with Crippen LogP contribution in [0.3, 0.4) is 0 Å². The molecule has 0 unspecified atom stereocenters. The van der Waals surface area contributed by atoms with Crippen LogP contribution in [0.25, 0.3) is 0 Å². The molecular formula is C17H24N2O3. The molecule has 0 aliphatic carbocycles. The maximum Gasteiger partial charge on any atom is 0.243 e. The normalized spacial score (nSPS) is 10.4. The highest BCUT2D eigenvalue weighted by atomic mass is 16.2. The van der Waals surface area contributed by atoms with Gasteiger partial charge in [0.1, 0.15) is 0 Å². The molecule has 0 atom stereocenters. The first kappa shape index (κ1) is 17.9. The van der Waals surface area contributed by atoms with Gasteiger partial charge in [0.15, 0.2) is 5.78 Å². The predicted octanol–water partition coefficient (Wildman–Crippen LogP) is 2.72. The summed E-state index contributed by atoms with van der Waals surface area (Å²) in [5, 5.41) is 2.73. The van der Waals surface area contributed by atoms with Gasteiger partial charge in [-0.15, -0.1) is 0 Å². The smallest absolute Gasteiger partial charge is 0.243 e. The van der Waals surface area contributed by atoms with Crippen LogP contribution in [-0.4, -0.2) is 35.6 Å². The van der Waals surface area contributed by atoms with Crippen LogP contribution in [0.1, 0.15) is 44.5 Å². The van der Waals surface area contributed by atoms with Crippen LogP contribution in [0.4, 0.5) is 5.69 Å². The standard InChI is InChI=1S/C17H24N2O3/c1-12(2)8-9-19(14(4)21)11-17(22)18-16-7-5-6-15(10-16)13(3)20/h5-7,10,12H,8-9,11H2,1-4H3,(H,18,22). The molecule has 0 aliphatic rings. The number of benzene rings is 1. The highest BCUT2D eigenvalue weighted by molar-refractivity contribution is 5.98. The van der Waals surface area contributed by atoms with Crippen molar-refractivity contribution in [3.8, 4) is 0 Å². The monoisotopic (exact) mass is 304 g/mol. The topological polar surface area (TPSA) is 66.5 Å². The summed E-state index contributed by atoms with van der Waals surface area (Å²) >= 11 is 0. The second kappa shape index (κ2) is 8.32. The molecule has 1 aromatic carbocycles. The van der Waals surface area contributed by atoms with E-state index < -0.39 is 0 Å². The number of nitrogens with zero attached hydrogens (tertiary/aromatic N) is 1. The Morgan fingerprint density at radius 2 is 1.86 bits per heavy atom. The number of hydrogen-bond acceptors (Lipinski definition) is 3. The lowest BCUT2D eigenvalue weighted by Gasteiger charge is -2.21. The van der Waals surface area contributed by atoms with Crippen molar-refractivity contribution in [3.05, 3.63) is 29.8 Å². The Labute approximate surface area is 131 Å². The Kier molecular flexibility index (Phi) is 6.76. The molecule has 0 spiro atoms. The number of amides is 2. The zero-order valence-electron chi connectivity index (χ0n) is 13.7. The quantitative estimate of drug-likeness (QED) is 0.788. The Morgan fingerprint density at radius 1 is 1.18 bits per heavy atom. The molecule has 2 amide bonds. The van der Waals surface area contributed by atoms with Crippen LogP contribution in [0.15, 0.2) is 24.3 Å². The van der Waals surface area contributed by atoms with Gasteiger partial charge in [0, 0.05) is 24.7 Å². The Hall–Kier alpha value is -2.17. The van der Waals surface area contributed by atoms with Crippen LogP contribution in [0, 0.1) is 5.92 Å². The van der Waals surface area contributed by atoms with Crippen LogP contribution < -0.4 is 5.32 Å². The van der Waals surface area contributed by atoms with E-state index >= 15 is 0 Å². The highest BCUT2D eigenvalue weighted by Gasteiger charge is 2.14. The van der Waals surface area contributed by atoms with Crippen molar-refractivity contribution in [2.75, 3.05) is 18.4 Å². The largest absolute Gasteiger partial charge is 0.334 e. The number of carbonyl (C=O) groups excluding carboxylic acids is 3. The summed E-state index contributed by atoms with van der Waals surface area (Å²) in [5.74, 6) is 0.0310. The van der Waals surface area contributed by atoms with Crippen molar-refractivity contribution < 1.29 is 14.4 Å². The Morgan fingerprint density at radius 3 is 2.41 bits per heavy atom. The van der Waals surface area contributed by atoms with Crippen LogP contribution in [0.2, 0.25) is 0 Å². The molecule has 1 rings (SSSR count). The molecular weight excluding hydrogens is 280 g/mol. The van der Waals surface area contributed by atoms with Gasteiger partial charge < -0.3 is 10.2 Å². The van der Waals surface area contributed by atoms with E-state index in [4.69, 9.17) is 0 Å². The van der Waals surface area contributed by atoms with Gasteiger partial charge in [0.2, 0.25) is 11.8 Å². The SMILES string of the molecule is CC(=O)c1cccc(NC(=O)CN(CCC(C)C)C(C)=O)c1. The van der Waals surface area contributed by atoms with E-state index in [1.807, 2.05) is 0 Å². The lowest BCUT2D eigenvalue weighted by molar-refractivity contribution is -0.132. The molecule has 1 N–H and O–H groups in total. The fourth-order valence-electron chi connectivity index (χ4n) is 1.95. The first-order valence-corrected chi connectivity index (χ1v) is 7.46. The lowest BCUT2D eigenvalue weighted by Crippen LogP contribution is -2.37. The van der Waals surface area contributed by atoms with Gasteiger partial charge in [-0.25, -0.2) is 0 Å². The van der Waals surface area contributed by atoms with Gasteiger partial charge in [-0.1, -0.05) is 26.0 Å². The molecule has 0 fully saturated rings. The summed E-state index contributed by atoms with van der Waals surface area (Å²) in [5.41, 5.74) is 1.10. The first-order chi connectivity index (χ1) is 10.3. The van der Waals surface area contributed by atoms with Crippen LogP contribution >= 0.6 is 0 Å². The summed E-state index contributed by atoms with van der Waals surface area (Å²) in [6.07, 6.45) is 0.854. The minimum absolute atomic E-state index is 0.0202. The van der Waals surface area contributed by atoms with Crippen LogP contribution in [-0.2, 0) is 9.59 Å². The van der Waals surface area contributed by atoms with Gasteiger partial charge in [-0.05, 0) is 31.4 Å². The molecule has 5 heteroatoms. The van der Waals surface area contributed by atoms with Crippen molar-refractivity contribution in [3.63, 3.8) is 0 Å². The third-order valence-corrected chi connectivity index (χ3v) is 3.31. The van der Waals surface area contributed by atoms with E-state index in [-0.39, 0.29) is 24.1 Å². The zero-order valence-corrected chi connectivity index (χ0v) is 13.7. The van der Waals surface area contributed by atoms with E-state index in [0.29, 0.717) is 23.7 Å². The number of rotatable bonds is 7. The first-order valence-electron chi connectivity index (χ1n) is 7.46. The average Bonchev–Trinajstić information content (AvgIpc) is 2.43. The van der Waals surface area contributed by atoms with E-state index in [1.54, 1.807) is 24.3 Å². The fraction of sp³-hybridized carbons (Fsp3) is 0.471. The summed E-state index contributed by atoms with van der Waals surface area (Å²) in [4.78, 5) is 36.5. The third kappa shape index (κ3) is 6.08. The predicted molar refractivity (Wildman–Crippen MR) is 86.8 cm³/mol. The minimum atomic E-state index is -0.264. The molecule has 0 heterocycles. The Balaban J connectivity index is 2.65. The second-order valence-electron chi connectivity index (χ2n) is 5.81. The fourth-order valence-corrected chi connectivity index (χ4v) is 1.95. The molecule has 0 aromatic heterocycles. The van der Waals surface area contributed by atoms with Gasteiger partial charge in [0.25, 0.3) is 0 Å². The van der Waals surface area contributed by atoms with Crippen LogP contribution in [0.5, 0.6) is 0 Å². The number of ketones is 1. The van der Waals surface area contributed by atoms with Crippen molar-refractivity contribution in [1.29, 1.82) is 0 Å². The molecule has 1 aromatic rings. The van der Waals surface area contributed by atoms with Gasteiger partial charge in [0.05, 0.1) is 6.54 Å². The number of nitrogens with one attached hydrogen (secondary N) is 1. The summed E-state index contributed by atoms with van der Waals surface area (Å²) in [6, 6.07) is 6.76. The molecule has 120 valence electrons. The number of anilines is 1. The molecule has 0 bridgehead atoms. The van der Waals surface area contributed by atoms with E-state index in [1.165, 1.54) is 18.7 Å². The Bertz CT molecular complexity index is 553. The van der Waals surface area contributed by atoms with Gasteiger partial charge in [-0.3, -0.25) is 14.4 Å². The average molecular weight is 304 g/mol. The number of Topliss-reactive ketones (excluding diaryl/α,β-unsaturated/α-hetero) is 1. The van der Waals surface area contributed by atoms with E-state index in [2.05, 4.69) is 19.2 Å². The van der Waals surface area contributed by atoms with Crippen molar-refractivity contribution in [2.45, 2.75) is 34.1 Å². The van der Waals surface area contributed by atoms with Crippen molar-refractivity contribution >= 4 is 23.3 Å². The summed E-state index contributed by atoms with van der Waals surface area (Å²) < 4.78 is 0. The zero-order chi connectivity index (χ0) is 16.7. The van der Waals surface area contributed by atoms with Crippen molar-refractivity contribution in [1.82, 2.24) is 4.90 Å². The molecule has 0 saturated carbocycles. The highest BCUT2D eigenvalue weighted by Crippen LogP contribution is 2.11. The summed E-state index contributed by atoms with van der Waals surface area (Å²) in [6.45, 7) is 7.67. The number of hydrogen-bond donors (Lipinski definition) is 1. The maximum absolute atomic E-state index is 12.1. The lowest BCUT2D eigenvalue weighted by atomic mass is 10.1. The summed E-state index contributed by atoms with van der Waals surface area (Å²) in [7, 11) is 0. The van der Waals surface area contributed by atoms with E-state index in [0.717, 1.165) is 6.42 Å². The number of carbonyl (C=O) groups is 3. The van der Waals surface area contributed by atoms with E-state index in [9.17, 15) is 14.4 Å². The molecule has 0 radical (unpaired) electrons. The maximum atomic E-state index is 12.1. The molecule has 5 nitrogen and oxygen atoms in total. The second-order valence-corrected chi connectivity index (χ2v) is 5.81. The minimum Gasteiger partial charge on any atom is -0.334 e. The van der Waals surface area contributed by atoms with Crippen molar-refractivity contribution in [2.24, 2.45) is 5.92 Å². The molecule has 22 heavy (non-hydrogen) atoms. The molecule has 0 saturated heterocycles.